The molecular formula is C16H16FN. The van der Waals surface area contributed by atoms with Crippen LogP contribution in [0.3, 0.4) is 0 Å². The van der Waals surface area contributed by atoms with Crippen LogP contribution in [0.1, 0.15) is 17.5 Å². The van der Waals surface area contributed by atoms with Gasteiger partial charge in [-0.25, -0.2) is 4.39 Å². The second-order valence-electron chi connectivity index (χ2n) is 4.85. The number of nitrogens with one attached hydrogen (secondary N) is 1. The fourth-order valence-electron chi connectivity index (χ4n) is 2.58. The van der Waals surface area contributed by atoms with Crippen LogP contribution in [-0.4, -0.2) is 6.54 Å². The maximum absolute atomic E-state index is 14.0. The van der Waals surface area contributed by atoms with Gasteiger partial charge >= 0.3 is 0 Å². The summed E-state index contributed by atoms with van der Waals surface area (Å²) in [5.74, 6) is -0.152. The summed E-state index contributed by atoms with van der Waals surface area (Å²) in [5, 5.41) is 3.41. The van der Waals surface area contributed by atoms with Gasteiger partial charge < -0.3 is 5.32 Å². The predicted octanol–water partition coefficient (Wildman–Crippen LogP) is 4.16. The van der Waals surface area contributed by atoms with E-state index in [-0.39, 0.29) is 5.82 Å². The molecule has 2 aromatic rings. The minimum atomic E-state index is -0.152. The normalized spacial score (nSPS) is 13.9. The van der Waals surface area contributed by atoms with Gasteiger partial charge in [0.25, 0.3) is 0 Å². The highest BCUT2D eigenvalue weighted by atomic mass is 19.1. The summed E-state index contributed by atoms with van der Waals surface area (Å²) in [6.07, 6.45) is 2.22. The van der Waals surface area contributed by atoms with Crippen molar-refractivity contribution in [2.45, 2.75) is 19.8 Å². The van der Waals surface area contributed by atoms with Crippen LogP contribution in [0.2, 0.25) is 0 Å². The average Bonchev–Trinajstić information content (AvgIpc) is 2.41. The van der Waals surface area contributed by atoms with Crippen LogP contribution >= 0.6 is 0 Å². The Labute approximate surface area is 107 Å². The molecule has 0 aromatic heterocycles. The second kappa shape index (κ2) is 4.45. The molecule has 1 heterocycles. The number of hydrogen-bond donors (Lipinski definition) is 1. The van der Waals surface area contributed by atoms with E-state index in [0.29, 0.717) is 5.56 Å². The zero-order valence-electron chi connectivity index (χ0n) is 10.5. The van der Waals surface area contributed by atoms with E-state index in [1.54, 1.807) is 6.07 Å². The fourth-order valence-corrected chi connectivity index (χ4v) is 2.58. The summed E-state index contributed by atoms with van der Waals surface area (Å²) in [4.78, 5) is 0. The lowest BCUT2D eigenvalue weighted by molar-refractivity contribution is 0.631. The monoisotopic (exact) mass is 241 g/mol. The van der Waals surface area contributed by atoms with Crippen molar-refractivity contribution in [2.24, 2.45) is 0 Å². The lowest BCUT2D eigenvalue weighted by atomic mass is 9.94. The van der Waals surface area contributed by atoms with Crippen LogP contribution in [0.5, 0.6) is 0 Å². The molecule has 1 aliphatic rings. The third-order valence-corrected chi connectivity index (χ3v) is 3.49. The Morgan fingerprint density at radius 2 is 2.00 bits per heavy atom. The van der Waals surface area contributed by atoms with Gasteiger partial charge in [0.1, 0.15) is 5.82 Å². The van der Waals surface area contributed by atoms with E-state index in [9.17, 15) is 4.39 Å². The van der Waals surface area contributed by atoms with Crippen molar-refractivity contribution < 1.29 is 4.39 Å². The van der Waals surface area contributed by atoms with Gasteiger partial charge in [0, 0.05) is 23.4 Å². The molecule has 1 aliphatic heterocycles. The number of fused-ring (bicyclic) bond motifs is 1. The first-order valence-electron chi connectivity index (χ1n) is 6.38. The third-order valence-electron chi connectivity index (χ3n) is 3.49. The summed E-state index contributed by atoms with van der Waals surface area (Å²) in [6, 6.07) is 11.4. The van der Waals surface area contributed by atoms with E-state index in [1.807, 2.05) is 31.2 Å². The van der Waals surface area contributed by atoms with E-state index in [1.165, 1.54) is 5.56 Å². The molecular weight excluding hydrogens is 225 g/mol. The molecule has 2 heteroatoms. The Hall–Kier alpha value is -1.83. The van der Waals surface area contributed by atoms with Crippen molar-refractivity contribution in [1.29, 1.82) is 0 Å². The second-order valence-corrected chi connectivity index (χ2v) is 4.85. The minimum absolute atomic E-state index is 0.152. The van der Waals surface area contributed by atoms with E-state index in [4.69, 9.17) is 0 Å². The van der Waals surface area contributed by atoms with Gasteiger partial charge in [0.05, 0.1) is 0 Å². The number of rotatable bonds is 1. The molecule has 0 atom stereocenters. The molecule has 0 radical (unpaired) electrons. The highest BCUT2D eigenvalue weighted by Gasteiger charge is 2.15. The van der Waals surface area contributed by atoms with Gasteiger partial charge in [-0.3, -0.25) is 0 Å². The van der Waals surface area contributed by atoms with Crippen molar-refractivity contribution in [3.63, 3.8) is 0 Å². The standard InChI is InChI=1S/C16H16FN/c1-11-7-8-15(17)14(10-11)13-6-2-4-12-5-3-9-18-16(12)13/h2,4,6-8,10,18H,3,5,9H2,1H3. The SMILES string of the molecule is Cc1ccc(F)c(-c2cccc3c2NCCC3)c1. The molecule has 0 amide bonds. The molecule has 0 spiro atoms. The highest BCUT2D eigenvalue weighted by Crippen LogP contribution is 2.35. The molecule has 0 saturated heterocycles. The van der Waals surface area contributed by atoms with E-state index in [0.717, 1.165) is 36.2 Å². The lowest BCUT2D eigenvalue weighted by Gasteiger charge is -2.21. The number of para-hydroxylation sites is 1. The minimum Gasteiger partial charge on any atom is -0.384 e. The first-order valence-corrected chi connectivity index (χ1v) is 6.38. The number of aryl methyl sites for hydroxylation is 2. The summed E-state index contributed by atoms with van der Waals surface area (Å²) < 4.78 is 14.0. The zero-order valence-corrected chi connectivity index (χ0v) is 10.5. The molecule has 3 rings (SSSR count). The van der Waals surface area contributed by atoms with Gasteiger partial charge in [0.2, 0.25) is 0 Å². The maximum Gasteiger partial charge on any atom is 0.131 e. The molecule has 0 unspecified atom stereocenters. The largest absolute Gasteiger partial charge is 0.384 e. The quantitative estimate of drug-likeness (QED) is 0.790. The molecule has 92 valence electrons. The highest BCUT2D eigenvalue weighted by molar-refractivity contribution is 5.81. The van der Waals surface area contributed by atoms with Gasteiger partial charge in [-0.05, 0) is 37.5 Å². The number of hydrogen-bond acceptors (Lipinski definition) is 1. The number of halogens is 1. The smallest absolute Gasteiger partial charge is 0.131 e. The Balaban J connectivity index is 2.19. The van der Waals surface area contributed by atoms with Crippen LogP contribution in [-0.2, 0) is 6.42 Å². The molecule has 1 nitrogen and oxygen atoms in total. The first-order chi connectivity index (χ1) is 8.75. The molecule has 0 saturated carbocycles. The molecule has 1 N–H and O–H groups in total. The van der Waals surface area contributed by atoms with Crippen molar-refractivity contribution in [3.05, 3.63) is 53.3 Å². The topological polar surface area (TPSA) is 12.0 Å². The Bertz CT molecular complexity index is 590. The fraction of sp³-hybridized carbons (Fsp3) is 0.250. The van der Waals surface area contributed by atoms with E-state index < -0.39 is 0 Å². The van der Waals surface area contributed by atoms with Crippen molar-refractivity contribution >= 4 is 5.69 Å². The summed E-state index contributed by atoms with van der Waals surface area (Å²) in [5.41, 5.74) is 5.15. The van der Waals surface area contributed by atoms with Gasteiger partial charge in [-0.15, -0.1) is 0 Å². The number of benzene rings is 2. The van der Waals surface area contributed by atoms with Crippen molar-refractivity contribution in [2.75, 3.05) is 11.9 Å². The lowest BCUT2D eigenvalue weighted by Crippen LogP contribution is -2.12. The molecule has 0 aliphatic carbocycles. The van der Waals surface area contributed by atoms with Crippen molar-refractivity contribution in [1.82, 2.24) is 0 Å². The van der Waals surface area contributed by atoms with Crippen molar-refractivity contribution in [3.8, 4) is 11.1 Å². The number of anilines is 1. The van der Waals surface area contributed by atoms with E-state index >= 15 is 0 Å². The summed E-state index contributed by atoms with van der Waals surface area (Å²) >= 11 is 0. The van der Waals surface area contributed by atoms with Gasteiger partial charge in [-0.1, -0.05) is 29.8 Å². The van der Waals surface area contributed by atoms with Crippen LogP contribution in [0.4, 0.5) is 10.1 Å². The molecule has 2 aromatic carbocycles. The van der Waals surface area contributed by atoms with E-state index in [2.05, 4.69) is 11.4 Å². The molecule has 0 bridgehead atoms. The third kappa shape index (κ3) is 1.88. The van der Waals surface area contributed by atoms with Gasteiger partial charge in [0.15, 0.2) is 0 Å². The van der Waals surface area contributed by atoms with Crippen LogP contribution < -0.4 is 5.32 Å². The molecule has 0 fully saturated rings. The maximum atomic E-state index is 14.0. The Morgan fingerprint density at radius 3 is 2.89 bits per heavy atom. The summed E-state index contributed by atoms with van der Waals surface area (Å²) in [6.45, 7) is 2.96. The zero-order chi connectivity index (χ0) is 12.5. The van der Waals surface area contributed by atoms with Gasteiger partial charge in [-0.2, -0.15) is 0 Å². The van der Waals surface area contributed by atoms with Crippen LogP contribution in [0, 0.1) is 12.7 Å². The Kier molecular flexibility index (Phi) is 2.78. The van der Waals surface area contributed by atoms with Crippen LogP contribution in [0.25, 0.3) is 11.1 Å². The Morgan fingerprint density at radius 1 is 1.11 bits per heavy atom. The average molecular weight is 241 g/mol. The first kappa shape index (κ1) is 11.3. The predicted molar refractivity (Wildman–Crippen MR) is 73.4 cm³/mol. The molecule has 18 heavy (non-hydrogen) atoms. The van der Waals surface area contributed by atoms with Crippen LogP contribution in [0.15, 0.2) is 36.4 Å². The summed E-state index contributed by atoms with van der Waals surface area (Å²) in [7, 11) is 0.